The molecule has 0 aromatic rings. The van der Waals surface area contributed by atoms with Gasteiger partial charge in [0.15, 0.2) is 0 Å². The van der Waals surface area contributed by atoms with Gasteiger partial charge in [-0.05, 0) is 25.7 Å². The first-order chi connectivity index (χ1) is 6.83. The van der Waals surface area contributed by atoms with E-state index in [4.69, 9.17) is 5.11 Å². The summed E-state index contributed by atoms with van der Waals surface area (Å²) in [7, 11) is 0. The summed E-state index contributed by atoms with van der Waals surface area (Å²) in [5.74, 6) is 0. The molecule has 2 aliphatic rings. The second kappa shape index (κ2) is 4.17. The van der Waals surface area contributed by atoms with E-state index in [0.29, 0.717) is 0 Å². The summed E-state index contributed by atoms with van der Waals surface area (Å²) in [6.07, 6.45) is 4.24. The average molecular weight is 198 g/mol. The van der Waals surface area contributed by atoms with Crippen molar-refractivity contribution in [1.29, 1.82) is 0 Å². The third-order valence-corrected chi connectivity index (χ3v) is 3.21. The smallest absolute Gasteiger partial charge is 0.320 e. The number of aliphatic hydroxyl groups is 1. The van der Waals surface area contributed by atoms with Crippen molar-refractivity contribution < 1.29 is 9.90 Å². The van der Waals surface area contributed by atoms with Gasteiger partial charge in [0.05, 0.1) is 12.6 Å². The topological polar surface area (TPSA) is 43.8 Å². The number of carbonyl (C=O) groups excluding carboxylic acids is 1. The van der Waals surface area contributed by atoms with E-state index in [1.807, 2.05) is 9.80 Å². The zero-order valence-corrected chi connectivity index (χ0v) is 8.48. The molecule has 1 atom stereocenters. The van der Waals surface area contributed by atoms with Gasteiger partial charge in [-0.25, -0.2) is 4.79 Å². The van der Waals surface area contributed by atoms with E-state index in [1.165, 1.54) is 0 Å². The third-order valence-electron chi connectivity index (χ3n) is 3.21. The van der Waals surface area contributed by atoms with Crippen LogP contribution in [0.2, 0.25) is 0 Å². The minimum Gasteiger partial charge on any atom is -0.394 e. The molecule has 0 spiro atoms. The van der Waals surface area contributed by atoms with Crippen molar-refractivity contribution in [3.63, 3.8) is 0 Å². The number of likely N-dealkylation sites (tertiary alicyclic amines) is 2. The molecule has 2 amide bonds. The van der Waals surface area contributed by atoms with Gasteiger partial charge < -0.3 is 14.9 Å². The largest absolute Gasteiger partial charge is 0.394 e. The number of aliphatic hydroxyl groups excluding tert-OH is 1. The molecule has 0 saturated carbocycles. The van der Waals surface area contributed by atoms with Crippen LogP contribution in [0.3, 0.4) is 0 Å². The van der Waals surface area contributed by atoms with Crippen molar-refractivity contribution in [3.05, 3.63) is 0 Å². The molecule has 2 saturated heterocycles. The number of rotatable bonds is 1. The van der Waals surface area contributed by atoms with Crippen LogP contribution < -0.4 is 0 Å². The molecule has 1 unspecified atom stereocenters. The van der Waals surface area contributed by atoms with Crippen molar-refractivity contribution in [2.75, 3.05) is 26.2 Å². The van der Waals surface area contributed by atoms with Gasteiger partial charge in [0.1, 0.15) is 0 Å². The Bertz CT molecular complexity index is 214. The molecule has 14 heavy (non-hydrogen) atoms. The van der Waals surface area contributed by atoms with Crippen LogP contribution >= 0.6 is 0 Å². The van der Waals surface area contributed by atoms with E-state index in [0.717, 1.165) is 45.3 Å². The highest BCUT2D eigenvalue weighted by Gasteiger charge is 2.31. The van der Waals surface area contributed by atoms with Crippen molar-refractivity contribution in [3.8, 4) is 0 Å². The highest BCUT2D eigenvalue weighted by atomic mass is 16.3. The highest BCUT2D eigenvalue weighted by Crippen LogP contribution is 2.20. The van der Waals surface area contributed by atoms with Crippen molar-refractivity contribution in [1.82, 2.24) is 9.80 Å². The van der Waals surface area contributed by atoms with Crippen LogP contribution in [0.1, 0.15) is 25.7 Å². The van der Waals surface area contributed by atoms with Gasteiger partial charge in [-0.3, -0.25) is 0 Å². The highest BCUT2D eigenvalue weighted by molar-refractivity contribution is 5.75. The van der Waals surface area contributed by atoms with Gasteiger partial charge in [0, 0.05) is 19.6 Å². The zero-order valence-electron chi connectivity index (χ0n) is 8.48. The van der Waals surface area contributed by atoms with E-state index in [9.17, 15) is 4.79 Å². The molecule has 2 fully saturated rings. The quantitative estimate of drug-likeness (QED) is 0.672. The van der Waals surface area contributed by atoms with E-state index in [1.54, 1.807) is 0 Å². The Labute approximate surface area is 84.5 Å². The van der Waals surface area contributed by atoms with E-state index >= 15 is 0 Å². The Kier molecular flexibility index (Phi) is 2.91. The van der Waals surface area contributed by atoms with Crippen LogP contribution in [-0.4, -0.2) is 53.2 Å². The monoisotopic (exact) mass is 198 g/mol. The van der Waals surface area contributed by atoms with Crippen molar-refractivity contribution in [2.24, 2.45) is 0 Å². The van der Waals surface area contributed by atoms with Gasteiger partial charge in [0.2, 0.25) is 0 Å². The molecule has 2 rings (SSSR count). The fourth-order valence-corrected chi connectivity index (χ4v) is 2.37. The minimum absolute atomic E-state index is 0.0723. The molecule has 0 aromatic carbocycles. The van der Waals surface area contributed by atoms with Gasteiger partial charge in [-0.2, -0.15) is 0 Å². The maximum Gasteiger partial charge on any atom is 0.320 e. The fourth-order valence-electron chi connectivity index (χ4n) is 2.37. The Hall–Kier alpha value is -0.770. The molecule has 2 aliphatic heterocycles. The fraction of sp³-hybridized carbons (Fsp3) is 0.900. The van der Waals surface area contributed by atoms with E-state index in [-0.39, 0.29) is 18.7 Å². The maximum atomic E-state index is 12.0. The Balaban J connectivity index is 1.95. The van der Waals surface area contributed by atoms with Crippen LogP contribution in [0.15, 0.2) is 0 Å². The molecule has 0 aliphatic carbocycles. The number of hydrogen-bond acceptors (Lipinski definition) is 2. The Morgan fingerprint density at radius 2 is 1.93 bits per heavy atom. The minimum atomic E-state index is 0.0723. The molecular formula is C10H18N2O2. The first-order valence-electron chi connectivity index (χ1n) is 5.49. The standard InChI is InChI=1S/C10H18N2O2/c13-8-9-4-3-7-12(9)10(14)11-5-1-2-6-11/h9,13H,1-8H2. The summed E-state index contributed by atoms with van der Waals surface area (Å²) >= 11 is 0. The molecule has 0 radical (unpaired) electrons. The number of amides is 2. The molecular weight excluding hydrogens is 180 g/mol. The SMILES string of the molecule is O=C(N1CCCC1)N1CCCC1CO. The first-order valence-corrected chi connectivity index (χ1v) is 5.49. The number of hydrogen-bond donors (Lipinski definition) is 1. The summed E-state index contributed by atoms with van der Waals surface area (Å²) in [5, 5.41) is 9.12. The normalized spacial score (nSPS) is 27.4. The van der Waals surface area contributed by atoms with Crippen LogP contribution in [0.25, 0.3) is 0 Å². The number of urea groups is 1. The van der Waals surface area contributed by atoms with Crippen LogP contribution in [-0.2, 0) is 0 Å². The number of carbonyl (C=O) groups is 1. The molecule has 0 bridgehead atoms. The second-order valence-electron chi connectivity index (χ2n) is 4.15. The van der Waals surface area contributed by atoms with Crippen LogP contribution in [0.4, 0.5) is 4.79 Å². The molecule has 4 heteroatoms. The second-order valence-corrected chi connectivity index (χ2v) is 4.15. The lowest BCUT2D eigenvalue weighted by Crippen LogP contribution is -2.45. The lowest BCUT2D eigenvalue weighted by molar-refractivity contribution is 0.132. The lowest BCUT2D eigenvalue weighted by Gasteiger charge is -2.28. The van der Waals surface area contributed by atoms with Gasteiger partial charge in [-0.1, -0.05) is 0 Å². The molecule has 80 valence electrons. The van der Waals surface area contributed by atoms with Gasteiger partial charge in [0.25, 0.3) is 0 Å². The predicted molar refractivity (Wildman–Crippen MR) is 53.0 cm³/mol. The lowest BCUT2D eigenvalue weighted by atomic mass is 10.2. The first kappa shape index (κ1) is 9.77. The summed E-state index contributed by atoms with van der Waals surface area (Å²) in [5.41, 5.74) is 0. The predicted octanol–water partition coefficient (Wildman–Crippen LogP) is 0.659. The van der Waals surface area contributed by atoms with E-state index in [2.05, 4.69) is 0 Å². The van der Waals surface area contributed by atoms with Crippen molar-refractivity contribution in [2.45, 2.75) is 31.7 Å². The van der Waals surface area contributed by atoms with Crippen LogP contribution in [0.5, 0.6) is 0 Å². The summed E-state index contributed by atoms with van der Waals surface area (Å²) in [6.45, 7) is 2.72. The Morgan fingerprint density at radius 3 is 2.57 bits per heavy atom. The van der Waals surface area contributed by atoms with Crippen LogP contribution in [0, 0.1) is 0 Å². The number of nitrogens with zero attached hydrogens (tertiary/aromatic N) is 2. The third kappa shape index (κ3) is 1.71. The summed E-state index contributed by atoms with van der Waals surface area (Å²) < 4.78 is 0. The van der Waals surface area contributed by atoms with E-state index < -0.39 is 0 Å². The molecule has 0 aromatic heterocycles. The van der Waals surface area contributed by atoms with Gasteiger partial charge in [-0.15, -0.1) is 0 Å². The Morgan fingerprint density at radius 1 is 1.21 bits per heavy atom. The maximum absolute atomic E-state index is 12.0. The summed E-state index contributed by atoms with van der Waals surface area (Å²) in [6, 6.07) is 0.210. The van der Waals surface area contributed by atoms with Gasteiger partial charge >= 0.3 is 6.03 Å². The summed E-state index contributed by atoms with van der Waals surface area (Å²) in [4.78, 5) is 15.7. The molecule has 4 nitrogen and oxygen atoms in total. The van der Waals surface area contributed by atoms with Crippen molar-refractivity contribution >= 4 is 6.03 Å². The molecule has 1 N–H and O–H groups in total. The molecule has 2 heterocycles. The zero-order chi connectivity index (χ0) is 9.97. The average Bonchev–Trinajstić information content (AvgIpc) is 2.87.